The second-order valence-electron chi connectivity index (χ2n) is 9.69. The number of H-pyrrole nitrogens is 1. The second-order valence-corrected chi connectivity index (χ2v) is 10.1. The number of aliphatic carboxylic acids is 1. The number of nitrogens with zero attached hydrogens (tertiary/aromatic N) is 1. The molecule has 4 atom stereocenters. The lowest BCUT2D eigenvalue weighted by molar-refractivity contribution is -0.142. The lowest BCUT2D eigenvalue weighted by Gasteiger charge is -2.28. The lowest BCUT2D eigenvalue weighted by Crippen LogP contribution is -2.57. The van der Waals surface area contributed by atoms with Gasteiger partial charge in [0, 0.05) is 35.8 Å². The highest BCUT2D eigenvalue weighted by Crippen LogP contribution is 2.21. The van der Waals surface area contributed by atoms with Crippen LogP contribution in [0.5, 0.6) is 0 Å². The van der Waals surface area contributed by atoms with Crippen LogP contribution in [0.15, 0.2) is 60.8 Å². The van der Waals surface area contributed by atoms with Gasteiger partial charge in [-0.05, 0) is 36.5 Å². The number of carbonyl (C=O) groups excluding carboxylic acids is 3. The van der Waals surface area contributed by atoms with Crippen LogP contribution in [0.3, 0.4) is 0 Å². The molecule has 206 valence electrons. The number of para-hydroxylation sites is 1. The summed E-state index contributed by atoms with van der Waals surface area (Å²) >= 11 is 4.21. The number of fused-ring (bicyclic) bond motifs is 1. The van der Waals surface area contributed by atoms with Gasteiger partial charge >= 0.3 is 5.97 Å². The molecule has 1 aromatic heterocycles. The van der Waals surface area contributed by atoms with Gasteiger partial charge in [0.2, 0.25) is 17.7 Å². The second kappa shape index (κ2) is 12.8. The van der Waals surface area contributed by atoms with Gasteiger partial charge in [0.1, 0.15) is 18.1 Å². The van der Waals surface area contributed by atoms with Crippen molar-refractivity contribution in [2.75, 3.05) is 12.3 Å². The van der Waals surface area contributed by atoms with Crippen LogP contribution >= 0.6 is 12.6 Å². The monoisotopic (exact) mass is 551 g/mol. The fraction of sp³-hybridized carbons (Fsp3) is 0.357. The maximum atomic E-state index is 13.2. The van der Waals surface area contributed by atoms with Crippen LogP contribution < -0.4 is 16.4 Å². The Balaban J connectivity index is 1.37. The first kappa shape index (κ1) is 28.2. The van der Waals surface area contributed by atoms with E-state index in [1.165, 1.54) is 4.90 Å². The Morgan fingerprint density at radius 3 is 2.46 bits per heavy atom. The molecule has 4 unspecified atom stereocenters. The van der Waals surface area contributed by atoms with Crippen LogP contribution in [-0.2, 0) is 32.0 Å². The number of amides is 3. The smallest absolute Gasteiger partial charge is 0.326 e. The first-order chi connectivity index (χ1) is 18.8. The van der Waals surface area contributed by atoms with Crippen LogP contribution in [0.1, 0.15) is 24.0 Å². The molecule has 0 radical (unpaired) electrons. The molecule has 1 saturated heterocycles. The summed E-state index contributed by atoms with van der Waals surface area (Å²) < 4.78 is 0. The van der Waals surface area contributed by atoms with Crippen molar-refractivity contribution >= 4 is 47.2 Å². The van der Waals surface area contributed by atoms with Crippen LogP contribution in [0, 0.1) is 0 Å². The molecule has 2 heterocycles. The summed E-state index contributed by atoms with van der Waals surface area (Å²) in [7, 11) is 0. The zero-order chi connectivity index (χ0) is 27.9. The summed E-state index contributed by atoms with van der Waals surface area (Å²) in [5.74, 6) is -2.73. The van der Waals surface area contributed by atoms with Crippen molar-refractivity contribution in [3.05, 3.63) is 71.9 Å². The van der Waals surface area contributed by atoms with E-state index in [-0.39, 0.29) is 18.1 Å². The molecule has 10 nitrogen and oxygen atoms in total. The van der Waals surface area contributed by atoms with Gasteiger partial charge in [-0.1, -0.05) is 48.5 Å². The third kappa shape index (κ3) is 6.79. The molecule has 0 saturated carbocycles. The number of likely N-dealkylation sites (tertiary alicyclic amines) is 1. The van der Waals surface area contributed by atoms with E-state index < -0.39 is 42.0 Å². The molecule has 0 aliphatic carbocycles. The third-order valence-electron chi connectivity index (χ3n) is 6.98. The summed E-state index contributed by atoms with van der Waals surface area (Å²) in [6.45, 7) is 0.392. The van der Waals surface area contributed by atoms with Crippen molar-refractivity contribution in [2.45, 2.75) is 49.9 Å². The van der Waals surface area contributed by atoms with Gasteiger partial charge < -0.3 is 31.4 Å². The fourth-order valence-electron chi connectivity index (χ4n) is 4.93. The van der Waals surface area contributed by atoms with E-state index in [2.05, 4.69) is 28.2 Å². The number of nitrogens with two attached hydrogens (primary N) is 1. The van der Waals surface area contributed by atoms with E-state index in [0.29, 0.717) is 25.8 Å². The van der Waals surface area contributed by atoms with Crippen molar-refractivity contribution in [1.29, 1.82) is 0 Å². The minimum atomic E-state index is -1.21. The van der Waals surface area contributed by atoms with Gasteiger partial charge in [0.05, 0.1) is 6.04 Å². The van der Waals surface area contributed by atoms with E-state index in [1.807, 2.05) is 54.6 Å². The van der Waals surface area contributed by atoms with Crippen LogP contribution in [0.2, 0.25) is 0 Å². The molecule has 0 spiro atoms. The number of rotatable bonds is 11. The largest absolute Gasteiger partial charge is 0.480 e. The highest BCUT2D eigenvalue weighted by atomic mass is 32.1. The molecule has 2 aromatic carbocycles. The number of carboxylic acid groups (broad SMARTS) is 1. The molecule has 1 aliphatic rings. The normalized spacial score (nSPS) is 17.4. The number of thiol groups is 1. The van der Waals surface area contributed by atoms with Crippen LogP contribution in [0.4, 0.5) is 0 Å². The summed E-state index contributed by atoms with van der Waals surface area (Å²) in [6, 6.07) is 13.0. The molecule has 0 bridgehead atoms. The molecular formula is C28H33N5O5S. The predicted octanol–water partition coefficient (Wildman–Crippen LogP) is 1.26. The Morgan fingerprint density at radius 1 is 1.03 bits per heavy atom. The molecule has 3 amide bonds. The zero-order valence-corrected chi connectivity index (χ0v) is 22.3. The van der Waals surface area contributed by atoms with Crippen LogP contribution in [0.25, 0.3) is 10.9 Å². The van der Waals surface area contributed by atoms with Crippen molar-refractivity contribution < 1.29 is 24.3 Å². The van der Waals surface area contributed by atoms with Gasteiger partial charge in [-0.2, -0.15) is 12.6 Å². The molecule has 1 fully saturated rings. The average molecular weight is 552 g/mol. The predicted molar refractivity (Wildman–Crippen MR) is 150 cm³/mol. The quantitative estimate of drug-likeness (QED) is 0.197. The number of aromatic nitrogens is 1. The lowest BCUT2D eigenvalue weighted by atomic mass is 10.0. The number of hydrogen-bond acceptors (Lipinski definition) is 6. The van der Waals surface area contributed by atoms with E-state index in [4.69, 9.17) is 5.73 Å². The first-order valence-electron chi connectivity index (χ1n) is 12.9. The number of aromatic amines is 1. The minimum absolute atomic E-state index is 0.0504. The maximum Gasteiger partial charge on any atom is 0.326 e. The fourth-order valence-corrected chi connectivity index (χ4v) is 5.18. The summed E-state index contributed by atoms with van der Waals surface area (Å²) in [6.07, 6.45) is 3.20. The minimum Gasteiger partial charge on any atom is -0.480 e. The van der Waals surface area contributed by atoms with Gasteiger partial charge in [0.25, 0.3) is 0 Å². The SMILES string of the molecule is NC(Cc1ccccc1)C(=O)N1CCCC1C(=O)NC(CS)C(=O)NC(Cc1c[nH]c2ccccc12)C(=O)O. The average Bonchev–Trinajstić information content (AvgIpc) is 3.59. The molecule has 3 aromatic rings. The Kier molecular flexibility index (Phi) is 9.26. The molecule has 6 N–H and O–H groups in total. The third-order valence-corrected chi connectivity index (χ3v) is 7.35. The van der Waals surface area contributed by atoms with Gasteiger partial charge in [0.15, 0.2) is 0 Å². The molecule has 4 rings (SSSR count). The number of carbonyl (C=O) groups is 4. The summed E-state index contributed by atoms with van der Waals surface area (Å²) in [5.41, 5.74) is 8.72. The maximum absolute atomic E-state index is 13.2. The summed E-state index contributed by atoms with van der Waals surface area (Å²) in [5, 5.41) is 15.8. The van der Waals surface area contributed by atoms with E-state index in [9.17, 15) is 24.3 Å². The molecule has 11 heteroatoms. The number of hydrogen-bond donors (Lipinski definition) is 6. The van der Waals surface area contributed by atoms with Crippen molar-refractivity contribution in [2.24, 2.45) is 5.73 Å². The standard InChI is InChI=1S/C28H33N5O5S/c29-20(13-17-7-2-1-3-8-17)27(36)33-12-6-11-24(33)26(35)32-23(16-39)25(34)31-22(28(37)38)14-18-15-30-21-10-5-4-9-19(18)21/h1-5,7-10,15,20,22-24,30,39H,6,11-14,16,29H2,(H,31,34)(H,32,35)(H,37,38). The Hall–Kier alpha value is -3.83. The van der Waals surface area contributed by atoms with Crippen LogP contribution in [-0.4, -0.2) is 75.1 Å². The zero-order valence-electron chi connectivity index (χ0n) is 21.4. The first-order valence-corrected chi connectivity index (χ1v) is 13.5. The Bertz CT molecular complexity index is 1330. The van der Waals surface area contributed by atoms with Crippen molar-refractivity contribution in [1.82, 2.24) is 20.5 Å². The molecule has 1 aliphatic heterocycles. The number of nitrogens with one attached hydrogen (secondary N) is 3. The number of benzene rings is 2. The topological polar surface area (TPSA) is 158 Å². The van der Waals surface area contributed by atoms with Gasteiger partial charge in [-0.3, -0.25) is 14.4 Å². The Morgan fingerprint density at radius 2 is 1.74 bits per heavy atom. The Labute approximate surface area is 231 Å². The van der Waals surface area contributed by atoms with E-state index in [1.54, 1.807) is 6.20 Å². The number of carboxylic acids is 1. The van der Waals surface area contributed by atoms with Crippen molar-refractivity contribution in [3.63, 3.8) is 0 Å². The van der Waals surface area contributed by atoms with E-state index >= 15 is 0 Å². The summed E-state index contributed by atoms with van der Waals surface area (Å²) in [4.78, 5) is 55.8. The molecular weight excluding hydrogens is 518 g/mol. The molecule has 39 heavy (non-hydrogen) atoms. The van der Waals surface area contributed by atoms with Gasteiger partial charge in [-0.25, -0.2) is 4.79 Å². The highest BCUT2D eigenvalue weighted by molar-refractivity contribution is 7.80. The van der Waals surface area contributed by atoms with Gasteiger partial charge in [-0.15, -0.1) is 0 Å². The van der Waals surface area contributed by atoms with Crippen molar-refractivity contribution in [3.8, 4) is 0 Å². The highest BCUT2D eigenvalue weighted by Gasteiger charge is 2.37. The van der Waals surface area contributed by atoms with E-state index in [0.717, 1.165) is 22.0 Å².